The van der Waals surface area contributed by atoms with Crippen LogP contribution in [-0.2, 0) is 0 Å². The quantitative estimate of drug-likeness (QED) is 0.0964. The summed E-state index contributed by atoms with van der Waals surface area (Å²) in [6.07, 6.45) is 15.9. The molecule has 4 heteroatoms. The summed E-state index contributed by atoms with van der Waals surface area (Å²) in [5.41, 5.74) is 0. The van der Waals surface area contributed by atoms with E-state index in [4.69, 9.17) is 0 Å². The Kier molecular flexibility index (Phi) is 16.1. The van der Waals surface area contributed by atoms with Gasteiger partial charge in [-0.15, -0.1) is 0 Å². The summed E-state index contributed by atoms with van der Waals surface area (Å²) >= 11 is -1.63. The van der Waals surface area contributed by atoms with E-state index in [-0.39, 0.29) is 23.8 Å². The molecule has 0 spiro atoms. The topological polar surface area (TPSA) is 0 Å². The van der Waals surface area contributed by atoms with Crippen molar-refractivity contribution in [1.82, 2.24) is 0 Å². The summed E-state index contributed by atoms with van der Waals surface area (Å²) in [5.74, 6) is 0. The molecule has 40 heavy (non-hydrogen) atoms. The standard InChI is InChI=1S/C36H54AsP3/c1-7-25-38(26-8-2)34-19-13-31(14-20-34)37(32-15-21-35(22-16-32)39(27-9-3)28-10-4)33-17-23-36(24-18-33)40(29-11-5)30-12-6/h13-24H,7-12,25-30H2,1-6H3. The van der Waals surface area contributed by atoms with Gasteiger partial charge in [-0.2, -0.15) is 0 Å². The summed E-state index contributed by atoms with van der Waals surface area (Å²) in [5, 5.41) is 4.82. The van der Waals surface area contributed by atoms with Crippen molar-refractivity contribution in [2.45, 2.75) is 80.1 Å². The second kappa shape index (κ2) is 18.9. The number of benzene rings is 3. The Balaban J connectivity index is 2.00. The number of hydrogen-bond donors (Lipinski definition) is 0. The van der Waals surface area contributed by atoms with Crippen molar-refractivity contribution in [3.8, 4) is 0 Å². The Hall–Kier alpha value is -0.492. The van der Waals surface area contributed by atoms with E-state index in [2.05, 4.69) is 114 Å². The SMILES string of the molecule is CCCP(CCC)c1ccc([As](c2ccc(P(CCC)CCC)cc2)c2ccc(P(CCC)CCC)cc2)cc1. The third-order valence-electron chi connectivity index (χ3n) is 7.38. The average molecular weight is 655 g/mol. The van der Waals surface area contributed by atoms with Crippen molar-refractivity contribution in [3.63, 3.8) is 0 Å². The van der Waals surface area contributed by atoms with Gasteiger partial charge in [0.1, 0.15) is 0 Å². The van der Waals surface area contributed by atoms with E-state index in [0.717, 1.165) is 0 Å². The summed E-state index contributed by atoms with van der Waals surface area (Å²) in [6.45, 7) is 14.1. The van der Waals surface area contributed by atoms with Gasteiger partial charge in [-0.1, -0.05) is 0 Å². The van der Waals surface area contributed by atoms with Crippen LogP contribution in [0.3, 0.4) is 0 Å². The van der Waals surface area contributed by atoms with Gasteiger partial charge in [-0.05, 0) is 0 Å². The van der Waals surface area contributed by atoms with Crippen LogP contribution < -0.4 is 29.0 Å². The minimum atomic E-state index is -1.63. The molecule has 0 aliphatic carbocycles. The first-order chi connectivity index (χ1) is 19.6. The normalized spacial score (nSPS) is 11.8. The number of rotatable bonds is 18. The van der Waals surface area contributed by atoms with E-state index in [1.54, 1.807) is 29.0 Å². The van der Waals surface area contributed by atoms with Crippen LogP contribution in [0.25, 0.3) is 0 Å². The van der Waals surface area contributed by atoms with Crippen LogP contribution in [0.5, 0.6) is 0 Å². The number of hydrogen-bond acceptors (Lipinski definition) is 0. The minimum absolute atomic E-state index is 0.0141. The zero-order chi connectivity index (χ0) is 28.7. The summed E-state index contributed by atoms with van der Waals surface area (Å²) in [4.78, 5) is 0. The summed E-state index contributed by atoms with van der Waals surface area (Å²) in [7, 11) is -0.0422. The fourth-order valence-corrected chi connectivity index (χ4v) is 17.5. The Labute approximate surface area is 256 Å². The van der Waals surface area contributed by atoms with Crippen molar-refractivity contribution in [1.29, 1.82) is 0 Å². The summed E-state index contributed by atoms with van der Waals surface area (Å²) < 4.78 is 4.73. The molecule has 0 saturated heterocycles. The third kappa shape index (κ3) is 9.78. The van der Waals surface area contributed by atoms with Gasteiger partial charge < -0.3 is 0 Å². The third-order valence-corrected chi connectivity index (χ3v) is 21.5. The first kappa shape index (κ1) is 34.0. The molecular formula is C36H54AsP3. The van der Waals surface area contributed by atoms with Gasteiger partial charge in [0.2, 0.25) is 0 Å². The zero-order valence-electron chi connectivity index (χ0n) is 26.2. The Morgan fingerprint density at radius 1 is 0.350 bits per heavy atom. The molecule has 0 saturated carbocycles. The van der Waals surface area contributed by atoms with Gasteiger partial charge in [-0.3, -0.25) is 0 Å². The molecule has 0 aromatic heterocycles. The van der Waals surface area contributed by atoms with Gasteiger partial charge in [0.25, 0.3) is 0 Å². The Morgan fingerprint density at radius 2 is 0.550 bits per heavy atom. The van der Waals surface area contributed by atoms with Crippen molar-refractivity contribution < 1.29 is 0 Å². The first-order valence-electron chi connectivity index (χ1n) is 15.9. The van der Waals surface area contributed by atoms with Crippen molar-refractivity contribution in [2.75, 3.05) is 37.0 Å². The molecule has 0 nitrogen and oxygen atoms in total. The van der Waals surface area contributed by atoms with E-state index in [1.165, 1.54) is 75.5 Å². The molecule has 0 aliphatic rings. The molecule has 0 unspecified atom stereocenters. The predicted molar refractivity (Wildman–Crippen MR) is 195 cm³/mol. The maximum atomic E-state index is 2.51. The van der Waals surface area contributed by atoms with Gasteiger partial charge >= 0.3 is 257 Å². The van der Waals surface area contributed by atoms with Crippen molar-refractivity contribution >= 4 is 67.4 Å². The zero-order valence-corrected chi connectivity index (χ0v) is 30.8. The Bertz CT molecular complexity index is 919. The van der Waals surface area contributed by atoms with Crippen LogP contribution in [0.2, 0.25) is 0 Å². The van der Waals surface area contributed by atoms with Crippen LogP contribution in [0.1, 0.15) is 80.1 Å². The Morgan fingerprint density at radius 3 is 0.725 bits per heavy atom. The van der Waals surface area contributed by atoms with Gasteiger partial charge in [0, 0.05) is 0 Å². The fraction of sp³-hybridized carbons (Fsp3) is 0.500. The van der Waals surface area contributed by atoms with E-state index < -0.39 is 14.7 Å². The molecule has 0 N–H and O–H groups in total. The fourth-order valence-electron chi connectivity index (χ4n) is 5.61. The molecule has 0 fully saturated rings. The van der Waals surface area contributed by atoms with Crippen molar-refractivity contribution in [2.24, 2.45) is 0 Å². The molecule has 3 aromatic rings. The molecule has 218 valence electrons. The van der Waals surface area contributed by atoms with Crippen LogP contribution in [0.4, 0.5) is 0 Å². The van der Waals surface area contributed by atoms with Crippen LogP contribution in [-0.4, -0.2) is 51.6 Å². The molecule has 3 rings (SSSR count). The van der Waals surface area contributed by atoms with E-state index in [1.807, 2.05) is 0 Å². The van der Waals surface area contributed by atoms with Crippen LogP contribution in [0.15, 0.2) is 72.8 Å². The van der Waals surface area contributed by atoms with E-state index in [9.17, 15) is 0 Å². The molecule has 0 amide bonds. The predicted octanol–water partition coefficient (Wildman–Crippen LogP) is 7.98. The summed E-state index contributed by atoms with van der Waals surface area (Å²) in [6, 6.07) is 30.1. The molecular weight excluding hydrogens is 600 g/mol. The van der Waals surface area contributed by atoms with Gasteiger partial charge in [0.05, 0.1) is 0 Å². The monoisotopic (exact) mass is 654 g/mol. The van der Waals surface area contributed by atoms with Crippen LogP contribution >= 0.6 is 23.8 Å². The molecule has 3 aromatic carbocycles. The molecule has 0 bridgehead atoms. The van der Waals surface area contributed by atoms with Crippen LogP contribution in [0, 0.1) is 0 Å². The van der Waals surface area contributed by atoms with Crippen molar-refractivity contribution in [3.05, 3.63) is 72.8 Å². The second-order valence-corrected chi connectivity index (χ2v) is 23.0. The second-order valence-electron chi connectivity index (χ2n) is 10.8. The molecule has 0 atom stereocenters. The van der Waals surface area contributed by atoms with E-state index >= 15 is 0 Å². The van der Waals surface area contributed by atoms with Gasteiger partial charge in [-0.25, -0.2) is 0 Å². The molecule has 0 aliphatic heterocycles. The first-order valence-corrected chi connectivity index (χ1v) is 23.9. The maximum absolute atomic E-state index is 2.51. The van der Waals surface area contributed by atoms with Gasteiger partial charge in [0.15, 0.2) is 0 Å². The van der Waals surface area contributed by atoms with E-state index in [0.29, 0.717) is 0 Å². The molecule has 0 heterocycles. The molecule has 0 radical (unpaired) electrons. The average Bonchev–Trinajstić information content (AvgIpc) is 2.98.